The summed E-state index contributed by atoms with van der Waals surface area (Å²) in [6.45, 7) is 0.0642. The highest BCUT2D eigenvalue weighted by Gasteiger charge is 2.21. The summed E-state index contributed by atoms with van der Waals surface area (Å²) in [7, 11) is 1.56. The molecular weight excluding hydrogens is 358 g/mol. The van der Waals surface area contributed by atoms with E-state index in [1.54, 1.807) is 37.7 Å². The Labute approximate surface area is 162 Å². The summed E-state index contributed by atoms with van der Waals surface area (Å²) in [4.78, 5) is 12.9. The van der Waals surface area contributed by atoms with E-state index in [0.717, 1.165) is 11.1 Å². The Morgan fingerprint density at radius 1 is 1.25 bits per heavy atom. The Balaban J connectivity index is 1.76. The third kappa shape index (κ3) is 4.95. The molecule has 2 unspecified atom stereocenters. The lowest BCUT2D eigenvalue weighted by molar-refractivity contribution is -0.118. The summed E-state index contributed by atoms with van der Waals surface area (Å²) in [5.41, 5.74) is 8.72. The number of nitrogens with two attached hydrogens (primary N) is 1. The lowest BCUT2D eigenvalue weighted by atomic mass is 10.0. The van der Waals surface area contributed by atoms with Crippen LogP contribution in [0.15, 0.2) is 60.9 Å². The summed E-state index contributed by atoms with van der Waals surface area (Å²) >= 11 is 0. The summed E-state index contributed by atoms with van der Waals surface area (Å²) in [6.07, 6.45) is 2.46. The molecule has 0 radical (unpaired) electrons. The van der Waals surface area contributed by atoms with Gasteiger partial charge in [-0.15, -0.1) is 0 Å². The Kier molecular flexibility index (Phi) is 6.38. The molecule has 1 heterocycles. The fraction of sp³-hybridized carbons (Fsp3) is 0.200. The number of H-pyrrole nitrogens is 1. The molecular formula is C20H23N5O3. The average Bonchev–Trinajstić information content (AvgIpc) is 3.23. The first-order valence-electron chi connectivity index (χ1n) is 8.78. The molecule has 3 rings (SSSR count). The van der Waals surface area contributed by atoms with Crippen LogP contribution in [0.4, 0.5) is 5.69 Å². The largest absolute Gasteiger partial charge is 0.497 e. The van der Waals surface area contributed by atoms with Gasteiger partial charge in [0.25, 0.3) is 0 Å². The number of aromatic nitrogens is 2. The number of carbonyl (C=O) groups excluding carboxylic acids is 1. The van der Waals surface area contributed by atoms with E-state index >= 15 is 0 Å². The standard InChI is InChI=1S/C20H23N5O3/c1-28-17-4-2-3-14(9-17)19(22-12-18(21)26)20(27)25-16-7-5-13(6-8-16)15-10-23-24-11-15/h2-11,18-19,22,26H,12,21H2,1H3,(H,23,24)(H,25,27). The zero-order valence-corrected chi connectivity index (χ0v) is 15.4. The lowest BCUT2D eigenvalue weighted by Crippen LogP contribution is -2.40. The minimum Gasteiger partial charge on any atom is -0.497 e. The van der Waals surface area contributed by atoms with Gasteiger partial charge >= 0.3 is 0 Å². The molecule has 0 bridgehead atoms. The van der Waals surface area contributed by atoms with Crippen LogP contribution in [-0.2, 0) is 4.79 Å². The van der Waals surface area contributed by atoms with Crippen molar-refractivity contribution in [2.24, 2.45) is 5.73 Å². The number of nitrogens with one attached hydrogen (secondary N) is 3. The fourth-order valence-electron chi connectivity index (χ4n) is 2.79. The number of aliphatic hydroxyl groups is 1. The number of ether oxygens (including phenoxy) is 1. The highest BCUT2D eigenvalue weighted by molar-refractivity contribution is 5.95. The molecule has 0 fully saturated rings. The van der Waals surface area contributed by atoms with Crippen LogP contribution in [0.1, 0.15) is 11.6 Å². The van der Waals surface area contributed by atoms with Crippen LogP contribution in [0, 0.1) is 0 Å². The average molecular weight is 381 g/mol. The molecule has 0 saturated carbocycles. The highest BCUT2D eigenvalue weighted by Crippen LogP contribution is 2.23. The first-order chi connectivity index (χ1) is 13.6. The molecule has 146 valence electrons. The van der Waals surface area contributed by atoms with Gasteiger partial charge in [-0.2, -0.15) is 5.10 Å². The SMILES string of the molecule is COc1cccc(C(NCC(N)O)C(=O)Nc2ccc(-c3cn[nH]c3)cc2)c1. The molecule has 3 aromatic rings. The quantitative estimate of drug-likeness (QED) is 0.378. The number of anilines is 1. The zero-order chi connectivity index (χ0) is 19.9. The van der Waals surface area contributed by atoms with Crippen LogP contribution in [0.25, 0.3) is 11.1 Å². The number of nitrogens with zero attached hydrogens (tertiary/aromatic N) is 1. The van der Waals surface area contributed by atoms with Crippen molar-refractivity contribution in [2.75, 3.05) is 19.0 Å². The highest BCUT2D eigenvalue weighted by atomic mass is 16.5. The molecule has 1 amide bonds. The molecule has 1 aromatic heterocycles. The molecule has 0 spiro atoms. The van der Waals surface area contributed by atoms with Gasteiger partial charge in [0, 0.05) is 24.0 Å². The van der Waals surface area contributed by atoms with Crippen molar-refractivity contribution in [1.82, 2.24) is 15.5 Å². The Hall–Kier alpha value is -3.20. The number of rotatable bonds is 8. The van der Waals surface area contributed by atoms with E-state index in [9.17, 15) is 9.90 Å². The first-order valence-corrected chi connectivity index (χ1v) is 8.78. The molecule has 6 N–H and O–H groups in total. The van der Waals surface area contributed by atoms with Crippen molar-refractivity contribution >= 4 is 11.6 Å². The van der Waals surface area contributed by atoms with E-state index in [2.05, 4.69) is 20.8 Å². The third-order valence-corrected chi connectivity index (χ3v) is 4.20. The maximum Gasteiger partial charge on any atom is 0.246 e. The maximum atomic E-state index is 12.9. The van der Waals surface area contributed by atoms with E-state index in [4.69, 9.17) is 10.5 Å². The minimum atomic E-state index is -1.07. The van der Waals surface area contributed by atoms with Gasteiger partial charge in [0.1, 0.15) is 18.0 Å². The second-order valence-electron chi connectivity index (χ2n) is 6.24. The number of aromatic amines is 1. The number of hydrogen-bond acceptors (Lipinski definition) is 6. The van der Waals surface area contributed by atoms with E-state index < -0.39 is 12.3 Å². The smallest absolute Gasteiger partial charge is 0.246 e. The molecule has 0 aliphatic carbocycles. The van der Waals surface area contributed by atoms with Gasteiger partial charge in [-0.3, -0.25) is 15.2 Å². The maximum absolute atomic E-state index is 12.9. The summed E-state index contributed by atoms with van der Waals surface area (Å²) in [5, 5.41) is 22.0. The summed E-state index contributed by atoms with van der Waals surface area (Å²) < 4.78 is 5.24. The van der Waals surface area contributed by atoms with Crippen LogP contribution in [0.2, 0.25) is 0 Å². The van der Waals surface area contributed by atoms with E-state index in [-0.39, 0.29) is 12.5 Å². The van der Waals surface area contributed by atoms with E-state index in [1.165, 1.54) is 0 Å². The van der Waals surface area contributed by atoms with Crippen molar-refractivity contribution in [3.05, 3.63) is 66.5 Å². The van der Waals surface area contributed by atoms with E-state index in [1.807, 2.05) is 30.3 Å². The number of methoxy groups -OCH3 is 1. The van der Waals surface area contributed by atoms with Gasteiger partial charge in [0.15, 0.2) is 0 Å². The van der Waals surface area contributed by atoms with E-state index in [0.29, 0.717) is 17.0 Å². The molecule has 8 nitrogen and oxygen atoms in total. The van der Waals surface area contributed by atoms with Gasteiger partial charge in [-0.25, -0.2) is 0 Å². The number of carbonyl (C=O) groups is 1. The fourth-order valence-corrected chi connectivity index (χ4v) is 2.79. The van der Waals surface area contributed by atoms with Crippen LogP contribution in [-0.4, -0.2) is 41.1 Å². The van der Waals surface area contributed by atoms with Crippen molar-refractivity contribution < 1.29 is 14.6 Å². The first kappa shape index (κ1) is 19.6. The number of aliphatic hydroxyl groups excluding tert-OH is 1. The Bertz CT molecular complexity index is 894. The molecule has 8 heteroatoms. The number of benzene rings is 2. The predicted molar refractivity (Wildman–Crippen MR) is 107 cm³/mol. The summed E-state index contributed by atoms with van der Waals surface area (Å²) in [6, 6.07) is 13.9. The molecule has 0 aliphatic rings. The van der Waals surface area contributed by atoms with Gasteiger partial charge in [-0.1, -0.05) is 24.3 Å². The second kappa shape index (κ2) is 9.14. The van der Waals surface area contributed by atoms with Crippen LogP contribution < -0.4 is 21.1 Å². The van der Waals surface area contributed by atoms with Crippen LogP contribution in [0.5, 0.6) is 5.75 Å². The Morgan fingerprint density at radius 3 is 2.68 bits per heavy atom. The Morgan fingerprint density at radius 2 is 2.04 bits per heavy atom. The predicted octanol–water partition coefficient (Wildman–Crippen LogP) is 1.63. The van der Waals surface area contributed by atoms with Crippen molar-refractivity contribution in [2.45, 2.75) is 12.3 Å². The van der Waals surface area contributed by atoms with Gasteiger partial charge in [0.05, 0.1) is 13.3 Å². The number of amides is 1. The normalized spacial score (nSPS) is 13.0. The second-order valence-corrected chi connectivity index (χ2v) is 6.24. The lowest BCUT2D eigenvalue weighted by Gasteiger charge is -2.20. The van der Waals surface area contributed by atoms with Crippen molar-refractivity contribution in [3.63, 3.8) is 0 Å². The van der Waals surface area contributed by atoms with Gasteiger partial charge in [-0.05, 0) is 35.4 Å². The number of hydrogen-bond donors (Lipinski definition) is 5. The third-order valence-electron chi connectivity index (χ3n) is 4.20. The molecule has 28 heavy (non-hydrogen) atoms. The zero-order valence-electron chi connectivity index (χ0n) is 15.4. The van der Waals surface area contributed by atoms with Crippen LogP contribution in [0.3, 0.4) is 0 Å². The minimum absolute atomic E-state index is 0.0642. The molecule has 0 saturated heterocycles. The topological polar surface area (TPSA) is 125 Å². The van der Waals surface area contributed by atoms with Gasteiger partial charge < -0.3 is 20.9 Å². The molecule has 2 aromatic carbocycles. The van der Waals surface area contributed by atoms with Crippen molar-refractivity contribution in [1.29, 1.82) is 0 Å². The monoisotopic (exact) mass is 381 g/mol. The molecule has 0 aliphatic heterocycles. The molecule has 2 atom stereocenters. The van der Waals surface area contributed by atoms with Gasteiger partial charge in [0.2, 0.25) is 5.91 Å². The van der Waals surface area contributed by atoms with Crippen LogP contribution >= 0.6 is 0 Å². The summed E-state index contributed by atoms with van der Waals surface area (Å²) in [5.74, 6) is 0.361. The van der Waals surface area contributed by atoms with Crippen molar-refractivity contribution in [3.8, 4) is 16.9 Å².